The van der Waals surface area contributed by atoms with Gasteiger partial charge in [0, 0.05) is 27.8 Å². The van der Waals surface area contributed by atoms with Gasteiger partial charge in [-0.2, -0.15) is 0 Å². The molecule has 0 N–H and O–H groups in total. The predicted molar refractivity (Wildman–Crippen MR) is 102 cm³/mol. The summed E-state index contributed by atoms with van der Waals surface area (Å²) in [5.41, 5.74) is 0. The van der Waals surface area contributed by atoms with Crippen molar-refractivity contribution >= 4 is 23.5 Å². The van der Waals surface area contributed by atoms with Crippen LogP contribution in [0.1, 0.15) is 54.4 Å². The van der Waals surface area contributed by atoms with Crippen LogP contribution < -0.4 is 14.7 Å². The van der Waals surface area contributed by atoms with E-state index in [9.17, 15) is 28.4 Å². The number of phosphoric ester groups is 2. The lowest BCUT2D eigenvalue weighted by atomic mass is 10.1. The van der Waals surface area contributed by atoms with Crippen LogP contribution >= 0.6 is 23.5 Å². The number of phosphoric acid groups is 3. The number of hydrogen-bond acceptors (Lipinski definition) is 12. The van der Waals surface area contributed by atoms with Gasteiger partial charge in [0.25, 0.3) is 23.5 Å². The molecule has 180 valence electrons. The average Bonchev–Trinajstić information content (AvgIpc) is 3.03. The third-order valence-corrected chi connectivity index (χ3v) is 7.03. The van der Waals surface area contributed by atoms with Crippen molar-refractivity contribution in [1.29, 1.82) is 0 Å². The zero-order valence-electron chi connectivity index (χ0n) is 18.4. The van der Waals surface area contributed by atoms with E-state index in [4.69, 9.17) is 9.47 Å². The molecule has 2 unspecified atom stereocenters. The summed E-state index contributed by atoms with van der Waals surface area (Å²) < 4.78 is 56.3. The maximum Gasteiger partial charge on any atom is 0.280 e. The van der Waals surface area contributed by atoms with Crippen LogP contribution in [0.2, 0.25) is 0 Å². The summed E-state index contributed by atoms with van der Waals surface area (Å²) in [5, 5.41) is 0. The third kappa shape index (κ3) is 16.7. The Labute approximate surface area is 173 Å². The average molecular weight is 487 g/mol. The van der Waals surface area contributed by atoms with E-state index in [0.29, 0.717) is 32.5 Å². The van der Waals surface area contributed by atoms with Gasteiger partial charge in [-0.1, -0.05) is 34.6 Å². The minimum absolute atomic E-state index is 0.333. The molecule has 12 nitrogen and oxygen atoms in total. The van der Waals surface area contributed by atoms with E-state index in [1.165, 1.54) is 0 Å². The second kappa shape index (κ2) is 17.0. The summed E-state index contributed by atoms with van der Waals surface area (Å²) in [7, 11) is -13.0. The van der Waals surface area contributed by atoms with Crippen LogP contribution in [0.5, 0.6) is 0 Å². The summed E-state index contributed by atoms with van der Waals surface area (Å²) in [6.07, 6.45) is 3.16. The molecule has 15 heteroatoms. The second-order valence-corrected chi connectivity index (χ2v) is 9.49. The van der Waals surface area contributed by atoms with Crippen molar-refractivity contribution < 1.29 is 55.5 Å². The van der Waals surface area contributed by atoms with Gasteiger partial charge in [-0.15, -0.1) is 0 Å². The molecule has 5 atom stereocenters. The first-order valence-corrected chi connectivity index (χ1v) is 13.3. The minimum atomic E-state index is -5.62. The molecule has 0 aliphatic carbocycles. The minimum Gasteiger partial charge on any atom is -0.756 e. The smallest absolute Gasteiger partial charge is 0.280 e. The van der Waals surface area contributed by atoms with Crippen molar-refractivity contribution in [3.05, 3.63) is 0 Å². The van der Waals surface area contributed by atoms with Crippen molar-refractivity contribution in [3.8, 4) is 0 Å². The number of methoxy groups -OCH3 is 1. The summed E-state index contributed by atoms with van der Waals surface area (Å²) in [4.78, 5) is 31.6. The highest BCUT2D eigenvalue weighted by molar-refractivity contribution is 7.65. The molecule has 1 fully saturated rings. The van der Waals surface area contributed by atoms with Gasteiger partial charge < -0.3 is 33.2 Å². The molecule has 29 heavy (non-hydrogen) atoms. The van der Waals surface area contributed by atoms with Crippen LogP contribution in [-0.2, 0) is 40.8 Å². The Morgan fingerprint density at radius 3 is 1.48 bits per heavy atom. The fraction of sp³-hybridized carbons (Fsp3) is 1.00. The Morgan fingerprint density at radius 2 is 1.24 bits per heavy atom. The van der Waals surface area contributed by atoms with Crippen LogP contribution in [0, 0.1) is 0 Å². The molecule has 0 radical (unpaired) electrons. The Balaban J connectivity index is -0.000000416. The van der Waals surface area contributed by atoms with Gasteiger partial charge in [0.1, 0.15) is 0 Å². The molecule has 1 saturated heterocycles. The van der Waals surface area contributed by atoms with E-state index in [-0.39, 0.29) is 0 Å². The number of hydrogen-bond donors (Lipinski definition) is 0. The standard InChI is InChI=1S/C8H16O2.C2H9O10P3.2C2H6/c1-4-7-8(9-3)5-6(2)10-7;1-9-13(3,4)11-15(7,8)12-14(5,6)10-2;2*1-2/h6-8H,4-5H2,1-3H3;1-2H3,(H,3,4)(H,5,6)(H,7,8);2*1-2H3/p-3/t6-,7+,8+;;;/m0.../s1. The lowest BCUT2D eigenvalue weighted by Gasteiger charge is -2.32. The first kappa shape index (κ1) is 34.0. The van der Waals surface area contributed by atoms with Gasteiger partial charge in [0.05, 0.1) is 18.3 Å². The normalized spacial score (nSPS) is 26.7. The topological polar surface area (TPSA) is 176 Å². The zero-order chi connectivity index (χ0) is 23.9. The first-order valence-electron chi connectivity index (χ1n) is 8.97. The van der Waals surface area contributed by atoms with Gasteiger partial charge in [-0.3, -0.25) is 13.7 Å². The zero-order valence-corrected chi connectivity index (χ0v) is 21.1. The number of rotatable bonds is 8. The van der Waals surface area contributed by atoms with Crippen molar-refractivity contribution in [1.82, 2.24) is 0 Å². The highest BCUT2D eigenvalue weighted by Gasteiger charge is 2.31. The monoisotopic (exact) mass is 487 g/mol. The third-order valence-electron chi connectivity index (χ3n) is 2.94. The number of ether oxygens (including phenoxy) is 2. The molecular weight excluding hydrogens is 453 g/mol. The van der Waals surface area contributed by atoms with Gasteiger partial charge in [-0.25, -0.2) is 8.62 Å². The lowest BCUT2D eigenvalue weighted by Crippen LogP contribution is -2.21. The molecule has 0 amide bonds. The van der Waals surface area contributed by atoms with Gasteiger partial charge in [0.2, 0.25) is 0 Å². The Bertz CT molecular complexity index is 502. The second-order valence-electron chi connectivity index (χ2n) is 4.77. The maximum atomic E-state index is 10.7. The summed E-state index contributed by atoms with van der Waals surface area (Å²) in [6, 6.07) is 0. The molecule has 1 aliphatic heterocycles. The maximum absolute atomic E-state index is 10.7. The molecule has 0 aromatic rings. The summed E-state index contributed by atoms with van der Waals surface area (Å²) >= 11 is 0. The molecule has 1 heterocycles. The van der Waals surface area contributed by atoms with E-state index >= 15 is 0 Å². The van der Waals surface area contributed by atoms with Crippen LogP contribution in [0.15, 0.2) is 0 Å². The molecule has 0 bridgehead atoms. The molecule has 0 aromatic carbocycles. The summed E-state index contributed by atoms with van der Waals surface area (Å²) in [6.45, 7) is 12.2. The van der Waals surface area contributed by atoms with Crippen LogP contribution in [0.4, 0.5) is 0 Å². The van der Waals surface area contributed by atoms with Gasteiger partial charge in [0.15, 0.2) is 0 Å². The fourth-order valence-electron chi connectivity index (χ4n) is 1.85. The van der Waals surface area contributed by atoms with Gasteiger partial charge in [-0.05, 0) is 13.3 Å². The van der Waals surface area contributed by atoms with E-state index in [2.05, 4.69) is 31.5 Å². The highest BCUT2D eigenvalue weighted by atomic mass is 31.3. The van der Waals surface area contributed by atoms with Crippen molar-refractivity contribution in [3.63, 3.8) is 0 Å². The van der Waals surface area contributed by atoms with Crippen molar-refractivity contribution in [2.75, 3.05) is 21.3 Å². The molecule has 0 saturated carbocycles. The van der Waals surface area contributed by atoms with E-state index in [1.807, 2.05) is 27.7 Å². The first-order chi connectivity index (χ1) is 13.3. The van der Waals surface area contributed by atoms with Crippen LogP contribution in [0.3, 0.4) is 0 Å². The molecule has 1 aliphatic rings. The quantitative estimate of drug-likeness (QED) is 0.458. The molecular formula is C14H34O12P3-3. The predicted octanol–water partition coefficient (Wildman–Crippen LogP) is 2.36. The lowest BCUT2D eigenvalue weighted by molar-refractivity contribution is -0.249. The van der Waals surface area contributed by atoms with Crippen LogP contribution in [0.25, 0.3) is 0 Å². The van der Waals surface area contributed by atoms with E-state index < -0.39 is 23.5 Å². The fourth-order valence-corrected chi connectivity index (χ4v) is 4.73. The van der Waals surface area contributed by atoms with Crippen LogP contribution in [-0.4, -0.2) is 39.6 Å². The summed E-state index contributed by atoms with van der Waals surface area (Å²) in [5.74, 6) is 0. The van der Waals surface area contributed by atoms with Gasteiger partial charge >= 0.3 is 0 Å². The Hall–Kier alpha value is 0.330. The van der Waals surface area contributed by atoms with E-state index in [1.54, 1.807) is 7.11 Å². The molecule has 0 spiro atoms. The highest BCUT2D eigenvalue weighted by Crippen LogP contribution is 2.62. The largest absolute Gasteiger partial charge is 0.756 e. The Morgan fingerprint density at radius 1 is 0.862 bits per heavy atom. The van der Waals surface area contributed by atoms with E-state index in [0.717, 1.165) is 12.8 Å². The van der Waals surface area contributed by atoms with Crippen molar-refractivity contribution in [2.24, 2.45) is 0 Å². The SMILES string of the molecule is CC.CC.CC[C@H]1O[C@@H](C)C[C@H]1OC.COP(=O)([O-])OP(=O)([O-])OP(=O)([O-])OC. The van der Waals surface area contributed by atoms with Crippen molar-refractivity contribution in [2.45, 2.75) is 72.7 Å². The molecule has 1 rings (SSSR count). The Kier molecular flexibility index (Phi) is 19.8. The molecule has 0 aromatic heterocycles.